The van der Waals surface area contributed by atoms with Gasteiger partial charge in [0.1, 0.15) is 11.6 Å². The smallest absolute Gasteiger partial charge is 0.303 e. The summed E-state index contributed by atoms with van der Waals surface area (Å²) < 4.78 is 8.01. The molecule has 6 aromatic heterocycles. The largest absolute Gasteiger partial charge is 0.492 e. The van der Waals surface area contributed by atoms with Crippen molar-refractivity contribution in [1.29, 1.82) is 5.26 Å². The van der Waals surface area contributed by atoms with Crippen molar-refractivity contribution < 1.29 is 27.3 Å². The molecule has 0 atom stereocenters. The van der Waals surface area contributed by atoms with E-state index in [4.69, 9.17) is 6.57 Å². The molecule has 0 spiro atoms. The summed E-state index contributed by atoms with van der Waals surface area (Å²) in [5, 5.41) is 56.3. The number of aromatic nitrogens is 10. The van der Waals surface area contributed by atoms with Crippen LogP contribution in [0.4, 0.5) is 28.7 Å². The van der Waals surface area contributed by atoms with E-state index in [2.05, 4.69) is 45.5 Å². The third-order valence-electron chi connectivity index (χ3n) is 9.95. The summed E-state index contributed by atoms with van der Waals surface area (Å²) >= 11 is 0. The first-order valence-electron chi connectivity index (χ1n) is 20.3. The minimum absolute atomic E-state index is 0. The van der Waals surface area contributed by atoms with Crippen LogP contribution in [0.3, 0.4) is 0 Å². The molecule has 0 bridgehead atoms. The van der Waals surface area contributed by atoms with E-state index in [0.29, 0.717) is 34.4 Å². The molecule has 2 N–H and O–H groups in total. The molecule has 0 aliphatic rings. The zero-order valence-corrected chi connectivity index (χ0v) is 36.6. The van der Waals surface area contributed by atoms with E-state index in [1.165, 1.54) is 40.5 Å². The molecule has 0 unspecified atom stereocenters. The fraction of sp³-hybridized carbons (Fsp3) is 0. The topological polar surface area (TPSA) is 233 Å². The van der Waals surface area contributed by atoms with Crippen molar-refractivity contribution in [3.05, 3.63) is 220 Å². The summed E-state index contributed by atoms with van der Waals surface area (Å²) in [4.78, 5) is 38.6. The molecule has 0 amide bonds. The second-order valence-corrected chi connectivity index (χ2v) is 14.1. The molecule has 4 aromatic carbocycles. The number of pyridine rings is 2. The Labute approximate surface area is 400 Å². The molecule has 0 aliphatic heterocycles. The normalized spacial score (nSPS) is 10.9. The molecule has 10 aromatic rings. The Balaban J connectivity index is 0.000000183. The van der Waals surface area contributed by atoms with Crippen LogP contribution in [0.5, 0.6) is 11.8 Å². The summed E-state index contributed by atoms with van der Waals surface area (Å²) in [7, 11) is 0. The summed E-state index contributed by atoms with van der Waals surface area (Å²) in [6.45, 7) is 7.42. The van der Waals surface area contributed by atoms with Gasteiger partial charge >= 0.3 is 11.1 Å². The molecule has 6 heterocycles. The number of azo groups is 2. The van der Waals surface area contributed by atoms with Gasteiger partial charge < -0.3 is 10.2 Å². The molecular formula is C48H32FeN16O4. The Morgan fingerprint density at radius 2 is 0.884 bits per heavy atom. The SMILES string of the molecule is N#Cc1cnn(-c2ccccn2)c1N=Nc1c(O)n(-c2ccccc2)n(-c2ccccc2)c1=O.[C-]#[N+]c1cnn(-c2ccccn2)c1N=Nc1c(O)n(-c2ccccc2)n(-c2ccccc2)c1=O.[Fe]. The average Bonchev–Trinajstić information content (AvgIpc) is 4.14. The van der Waals surface area contributed by atoms with Crippen molar-refractivity contribution in [3.63, 3.8) is 0 Å². The van der Waals surface area contributed by atoms with Gasteiger partial charge in [-0.05, 0) is 72.8 Å². The van der Waals surface area contributed by atoms with Gasteiger partial charge in [0, 0.05) is 29.5 Å². The van der Waals surface area contributed by atoms with Crippen LogP contribution in [-0.4, -0.2) is 58.5 Å². The minimum atomic E-state index is -0.585. The number of rotatable bonds is 10. The molecule has 21 heteroatoms. The van der Waals surface area contributed by atoms with Crippen molar-refractivity contribution >= 4 is 28.7 Å². The van der Waals surface area contributed by atoms with Crippen LogP contribution >= 0.6 is 0 Å². The van der Waals surface area contributed by atoms with E-state index in [1.807, 2.05) is 30.3 Å². The first-order chi connectivity index (χ1) is 33.4. The second-order valence-electron chi connectivity index (χ2n) is 14.1. The Morgan fingerprint density at radius 1 is 0.507 bits per heavy atom. The second kappa shape index (κ2) is 20.4. The Hall–Kier alpha value is -10.1. The van der Waals surface area contributed by atoms with Gasteiger partial charge in [-0.2, -0.15) is 20.1 Å². The summed E-state index contributed by atoms with van der Waals surface area (Å²) in [5.74, 6) is 0.234. The number of hydrogen-bond acceptors (Lipinski definition) is 13. The Morgan fingerprint density at radius 3 is 1.28 bits per heavy atom. The molecule has 10 rings (SSSR count). The fourth-order valence-corrected chi connectivity index (χ4v) is 6.87. The van der Waals surface area contributed by atoms with Crippen LogP contribution in [0, 0.1) is 17.9 Å². The van der Waals surface area contributed by atoms with E-state index in [9.17, 15) is 25.1 Å². The maximum Gasteiger partial charge on any atom is 0.303 e. The van der Waals surface area contributed by atoms with Gasteiger partial charge in [0.2, 0.25) is 23.1 Å². The molecule has 0 fully saturated rings. The molecule has 0 aliphatic carbocycles. The van der Waals surface area contributed by atoms with Crippen LogP contribution in [0.1, 0.15) is 5.56 Å². The zero-order chi connectivity index (χ0) is 47.0. The van der Waals surface area contributed by atoms with Gasteiger partial charge in [-0.3, -0.25) is 9.59 Å². The molecule has 0 saturated carbocycles. The van der Waals surface area contributed by atoms with Gasteiger partial charge in [-0.1, -0.05) is 84.9 Å². The number of benzene rings is 4. The molecule has 69 heavy (non-hydrogen) atoms. The van der Waals surface area contributed by atoms with Gasteiger partial charge in [-0.25, -0.2) is 38.2 Å². The van der Waals surface area contributed by atoms with Crippen LogP contribution < -0.4 is 11.1 Å². The predicted molar refractivity (Wildman–Crippen MR) is 248 cm³/mol. The molecule has 336 valence electrons. The van der Waals surface area contributed by atoms with Crippen molar-refractivity contribution in [2.45, 2.75) is 0 Å². The summed E-state index contributed by atoms with van der Waals surface area (Å²) in [5.41, 5.74) is 0.713. The van der Waals surface area contributed by atoms with E-state index in [0.717, 1.165) is 0 Å². The van der Waals surface area contributed by atoms with E-state index in [-0.39, 0.29) is 51.3 Å². The van der Waals surface area contributed by atoms with Crippen molar-refractivity contribution in [1.82, 2.24) is 48.3 Å². The monoisotopic (exact) mass is 952 g/mol. The third-order valence-corrected chi connectivity index (χ3v) is 9.95. The summed E-state index contributed by atoms with van der Waals surface area (Å²) in [6, 6.07) is 48.1. The van der Waals surface area contributed by atoms with Gasteiger partial charge in [0.25, 0.3) is 5.69 Å². The molecule has 0 saturated heterocycles. The van der Waals surface area contributed by atoms with Gasteiger partial charge in [-0.15, -0.1) is 20.5 Å². The van der Waals surface area contributed by atoms with Crippen LogP contribution in [0.2, 0.25) is 0 Å². The maximum atomic E-state index is 13.4. The van der Waals surface area contributed by atoms with E-state index < -0.39 is 22.9 Å². The van der Waals surface area contributed by atoms with Crippen LogP contribution in [-0.2, 0) is 17.1 Å². The maximum absolute atomic E-state index is 13.4. The molecular weight excluding hydrogens is 920 g/mol. The molecule has 0 radical (unpaired) electrons. The molecule has 20 nitrogen and oxygen atoms in total. The number of para-hydroxylation sites is 4. The Kier molecular flexibility index (Phi) is 13.4. The van der Waals surface area contributed by atoms with Gasteiger partial charge in [0.15, 0.2) is 23.3 Å². The van der Waals surface area contributed by atoms with Crippen molar-refractivity contribution in [2.75, 3.05) is 0 Å². The number of nitriles is 1. The predicted octanol–water partition coefficient (Wildman–Crippen LogP) is 9.08. The number of hydrogen-bond donors (Lipinski definition) is 2. The van der Waals surface area contributed by atoms with Gasteiger partial charge in [0.05, 0.1) is 41.7 Å². The summed E-state index contributed by atoms with van der Waals surface area (Å²) in [6.07, 6.45) is 5.83. The van der Waals surface area contributed by atoms with E-state index in [1.54, 1.807) is 146 Å². The van der Waals surface area contributed by atoms with Crippen LogP contribution in [0.15, 0.2) is 213 Å². The van der Waals surface area contributed by atoms with Crippen molar-refractivity contribution in [2.24, 2.45) is 20.5 Å². The van der Waals surface area contributed by atoms with E-state index >= 15 is 0 Å². The Bertz CT molecular complexity index is 3410. The quantitative estimate of drug-likeness (QED) is 0.0755. The number of nitrogens with zero attached hydrogens (tertiary/aromatic N) is 16. The zero-order valence-electron chi connectivity index (χ0n) is 35.5. The number of aromatic hydroxyl groups is 2. The van der Waals surface area contributed by atoms with Crippen LogP contribution in [0.25, 0.3) is 39.2 Å². The fourth-order valence-electron chi connectivity index (χ4n) is 6.87. The average molecular weight is 953 g/mol. The minimum Gasteiger partial charge on any atom is -0.492 e. The first-order valence-corrected chi connectivity index (χ1v) is 20.3. The first kappa shape index (κ1) is 45.5. The van der Waals surface area contributed by atoms with Crippen molar-refractivity contribution in [3.8, 4) is 52.2 Å². The standard InChI is InChI=1S/2C24H16N8O2.Fe/c1-25-19-16-27-30(20-14-8-9-15-26-20)22(19)29-28-21-23(33)31(17-10-4-2-5-11-17)32(24(21)34)18-12-6-3-7-13-18;25-15-17-16-27-30(20-13-7-8-14-26-20)22(17)29-28-21-23(33)31(18-9-3-1-4-10-18)32(24(21)34)19-11-5-2-6-12-19;/h2-16,33H;1-14,16,33H;. The third kappa shape index (κ3) is 8.99.